The van der Waals surface area contributed by atoms with E-state index in [0.717, 1.165) is 66.4 Å². The molecule has 3 nitrogen and oxygen atoms in total. The minimum atomic E-state index is 0.0279. The van der Waals surface area contributed by atoms with Crippen molar-refractivity contribution in [2.75, 3.05) is 6.54 Å². The third-order valence-electron chi connectivity index (χ3n) is 4.67. The highest BCUT2D eigenvalue weighted by atomic mass is 16.1. The summed E-state index contributed by atoms with van der Waals surface area (Å²) in [7, 11) is 0. The molecule has 0 radical (unpaired) electrons. The van der Waals surface area contributed by atoms with Gasteiger partial charge in [0.1, 0.15) is 0 Å². The van der Waals surface area contributed by atoms with Gasteiger partial charge in [-0.15, -0.1) is 0 Å². The Bertz CT molecular complexity index is 764. The van der Waals surface area contributed by atoms with Crippen molar-refractivity contribution >= 4 is 22.9 Å². The number of unbranched alkanes of at least 4 members (excludes halogenated alkanes) is 2. The summed E-state index contributed by atoms with van der Waals surface area (Å²) in [4.78, 5) is 17.8. The molecule has 1 atom stereocenters. The lowest BCUT2D eigenvalue weighted by molar-refractivity contribution is 0.0954. The molecule has 0 bridgehead atoms. The first-order valence-corrected chi connectivity index (χ1v) is 9.07. The van der Waals surface area contributed by atoms with E-state index < -0.39 is 0 Å². The lowest BCUT2D eigenvalue weighted by Gasteiger charge is -2.15. The van der Waals surface area contributed by atoms with Crippen LogP contribution in [0.25, 0.3) is 17.0 Å². The number of para-hydroxylation sites is 1. The summed E-state index contributed by atoms with van der Waals surface area (Å²) >= 11 is 0. The molecule has 0 fully saturated rings. The predicted molar refractivity (Wildman–Crippen MR) is 100 cm³/mol. The van der Waals surface area contributed by atoms with E-state index in [0.29, 0.717) is 5.92 Å². The number of carbonyl (C=O) groups is 1. The lowest BCUT2D eigenvalue weighted by Crippen LogP contribution is -2.26. The molecule has 3 rings (SSSR count). The molecule has 126 valence electrons. The molecular formula is C21H26N2O. The standard InChI is InChI=1S/C21H26N2O/c1-3-4-7-13-22-21(24)20-16-10-5-6-12-18(16)23-19-14-15(2)9-8-11-17(19)20/h5-6,8,10-12,15H,3-4,7,9,13-14H2,1-2H3,(H,22,24). The molecule has 1 amide bonds. The number of fused-ring (bicyclic) bond motifs is 2. The second-order valence-electron chi connectivity index (χ2n) is 6.77. The van der Waals surface area contributed by atoms with Gasteiger partial charge in [-0.3, -0.25) is 9.78 Å². The number of rotatable bonds is 5. The molecule has 0 aliphatic heterocycles. The van der Waals surface area contributed by atoms with Crippen molar-refractivity contribution in [2.24, 2.45) is 5.92 Å². The van der Waals surface area contributed by atoms with Gasteiger partial charge in [-0.05, 0) is 31.2 Å². The average Bonchev–Trinajstić information content (AvgIpc) is 2.76. The summed E-state index contributed by atoms with van der Waals surface area (Å²) in [5, 5.41) is 4.05. The Hall–Kier alpha value is -2.16. The fraction of sp³-hybridized carbons (Fsp3) is 0.429. The van der Waals surface area contributed by atoms with Gasteiger partial charge in [-0.1, -0.05) is 57.0 Å². The number of hydrogen-bond acceptors (Lipinski definition) is 2. The number of nitrogens with one attached hydrogen (secondary N) is 1. The molecule has 1 aromatic carbocycles. The Morgan fingerprint density at radius 3 is 2.96 bits per heavy atom. The zero-order valence-corrected chi connectivity index (χ0v) is 14.6. The Kier molecular flexibility index (Phi) is 5.29. The van der Waals surface area contributed by atoms with Crippen molar-refractivity contribution < 1.29 is 4.79 Å². The van der Waals surface area contributed by atoms with Crippen LogP contribution < -0.4 is 5.32 Å². The highest BCUT2D eigenvalue weighted by Gasteiger charge is 2.21. The molecule has 1 N–H and O–H groups in total. The van der Waals surface area contributed by atoms with Gasteiger partial charge in [-0.25, -0.2) is 0 Å². The van der Waals surface area contributed by atoms with Crippen LogP contribution in [-0.2, 0) is 6.42 Å². The number of benzene rings is 1. The average molecular weight is 322 g/mol. The van der Waals surface area contributed by atoms with Crippen molar-refractivity contribution in [3.8, 4) is 0 Å². The number of aromatic nitrogens is 1. The van der Waals surface area contributed by atoms with Crippen LogP contribution in [0.1, 0.15) is 61.1 Å². The van der Waals surface area contributed by atoms with E-state index in [1.165, 1.54) is 0 Å². The van der Waals surface area contributed by atoms with Gasteiger partial charge in [0.2, 0.25) is 0 Å². The maximum Gasteiger partial charge on any atom is 0.252 e. The van der Waals surface area contributed by atoms with Gasteiger partial charge >= 0.3 is 0 Å². The summed E-state index contributed by atoms with van der Waals surface area (Å²) in [6.45, 7) is 5.14. The van der Waals surface area contributed by atoms with Crippen LogP contribution in [0.3, 0.4) is 0 Å². The number of allylic oxidation sites excluding steroid dienone is 1. The Morgan fingerprint density at radius 1 is 1.29 bits per heavy atom. The summed E-state index contributed by atoms with van der Waals surface area (Å²) < 4.78 is 0. The number of hydrogen-bond donors (Lipinski definition) is 1. The van der Waals surface area contributed by atoms with Crippen LogP contribution >= 0.6 is 0 Å². The monoisotopic (exact) mass is 322 g/mol. The van der Waals surface area contributed by atoms with Crippen LogP contribution in [0.15, 0.2) is 30.3 Å². The first-order chi connectivity index (χ1) is 11.7. The summed E-state index contributed by atoms with van der Waals surface area (Å²) in [5.74, 6) is 0.580. The van der Waals surface area contributed by atoms with Crippen LogP contribution in [0.2, 0.25) is 0 Å². The highest BCUT2D eigenvalue weighted by molar-refractivity contribution is 6.09. The summed E-state index contributed by atoms with van der Waals surface area (Å²) in [6.07, 6.45) is 9.56. The largest absolute Gasteiger partial charge is 0.352 e. The molecule has 3 heteroatoms. The Morgan fingerprint density at radius 2 is 2.12 bits per heavy atom. The highest BCUT2D eigenvalue weighted by Crippen LogP contribution is 2.29. The van der Waals surface area contributed by atoms with Gasteiger partial charge in [0.15, 0.2) is 0 Å². The van der Waals surface area contributed by atoms with Crippen LogP contribution in [0, 0.1) is 5.92 Å². The second-order valence-corrected chi connectivity index (χ2v) is 6.77. The van der Waals surface area contributed by atoms with Crippen molar-refractivity contribution in [1.82, 2.24) is 10.3 Å². The van der Waals surface area contributed by atoms with Gasteiger partial charge in [0, 0.05) is 23.2 Å². The van der Waals surface area contributed by atoms with Crippen molar-refractivity contribution in [2.45, 2.75) is 46.0 Å². The van der Waals surface area contributed by atoms with E-state index in [1.54, 1.807) is 0 Å². The minimum absolute atomic E-state index is 0.0279. The number of pyridine rings is 1. The molecule has 1 heterocycles. The predicted octanol–water partition coefficient (Wildman–Crippen LogP) is 4.75. The first kappa shape index (κ1) is 16.7. The zero-order valence-electron chi connectivity index (χ0n) is 14.6. The maximum absolute atomic E-state index is 12.9. The molecule has 0 saturated carbocycles. The van der Waals surface area contributed by atoms with Gasteiger partial charge in [0.25, 0.3) is 5.91 Å². The Balaban J connectivity index is 2.03. The van der Waals surface area contributed by atoms with E-state index in [9.17, 15) is 4.79 Å². The fourth-order valence-corrected chi connectivity index (χ4v) is 3.35. The molecule has 1 aliphatic rings. The number of carbonyl (C=O) groups excluding carboxylic acids is 1. The third-order valence-corrected chi connectivity index (χ3v) is 4.67. The molecule has 24 heavy (non-hydrogen) atoms. The molecular weight excluding hydrogens is 296 g/mol. The number of nitrogens with zero attached hydrogens (tertiary/aromatic N) is 1. The van der Waals surface area contributed by atoms with Gasteiger partial charge < -0.3 is 5.32 Å². The zero-order chi connectivity index (χ0) is 16.9. The molecule has 2 aromatic rings. The second kappa shape index (κ2) is 7.61. The van der Waals surface area contributed by atoms with E-state index in [2.05, 4.69) is 31.3 Å². The number of amides is 1. The van der Waals surface area contributed by atoms with E-state index in [-0.39, 0.29) is 5.91 Å². The first-order valence-electron chi connectivity index (χ1n) is 9.07. The van der Waals surface area contributed by atoms with E-state index in [1.807, 2.05) is 24.3 Å². The summed E-state index contributed by atoms with van der Waals surface area (Å²) in [6, 6.07) is 7.97. The van der Waals surface area contributed by atoms with Crippen molar-refractivity contribution in [3.63, 3.8) is 0 Å². The SMILES string of the molecule is CCCCCNC(=O)c1c2c(nc3ccccc13)CC(C)CC=C2. The van der Waals surface area contributed by atoms with E-state index in [4.69, 9.17) is 4.98 Å². The topological polar surface area (TPSA) is 42.0 Å². The smallest absolute Gasteiger partial charge is 0.252 e. The van der Waals surface area contributed by atoms with Crippen LogP contribution in [0.5, 0.6) is 0 Å². The normalized spacial score (nSPS) is 16.7. The van der Waals surface area contributed by atoms with Crippen LogP contribution in [-0.4, -0.2) is 17.4 Å². The summed E-state index contributed by atoms with van der Waals surface area (Å²) in [5.41, 5.74) is 3.76. The minimum Gasteiger partial charge on any atom is -0.352 e. The van der Waals surface area contributed by atoms with Crippen molar-refractivity contribution in [3.05, 3.63) is 47.2 Å². The van der Waals surface area contributed by atoms with E-state index >= 15 is 0 Å². The molecule has 1 aromatic heterocycles. The third kappa shape index (κ3) is 3.50. The molecule has 1 unspecified atom stereocenters. The maximum atomic E-state index is 12.9. The fourth-order valence-electron chi connectivity index (χ4n) is 3.35. The van der Waals surface area contributed by atoms with Gasteiger partial charge in [-0.2, -0.15) is 0 Å². The molecule has 0 spiro atoms. The lowest BCUT2D eigenvalue weighted by atomic mass is 9.96. The molecule has 1 aliphatic carbocycles. The Labute approximate surface area is 144 Å². The van der Waals surface area contributed by atoms with Gasteiger partial charge in [0.05, 0.1) is 11.1 Å². The molecule has 0 saturated heterocycles. The van der Waals surface area contributed by atoms with Crippen LogP contribution in [0.4, 0.5) is 0 Å². The quantitative estimate of drug-likeness (QED) is 0.807. The van der Waals surface area contributed by atoms with Crippen molar-refractivity contribution in [1.29, 1.82) is 0 Å².